The molecule has 1 fully saturated rings. The second-order valence-electron chi connectivity index (χ2n) is 7.47. The Morgan fingerprint density at radius 3 is 1.96 bits per heavy atom. The average Bonchev–Trinajstić information content (AvgIpc) is 2.89. The van der Waals surface area contributed by atoms with Crippen LogP contribution >= 0.6 is 0 Å². The molecule has 0 amide bonds. The maximum atomic E-state index is 8.82. The topological polar surface area (TPSA) is 32.7 Å². The van der Waals surface area contributed by atoms with E-state index in [1.807, 2.05) is 0 Å². The summed E-state index contributed by atoms with van der Waals surface area (Å²) in [6.45, 7) is 4.39. The maximum Gasteiger partial charge on any atom is 0.0698 e. The van der Waals surface area contributed by atoms with Gasteiger partial charge in [-0.05, 0) is 53.5 Å². The minimum atomic E-state index is 0.106. The largest absolute Gasteiger partial charge is 0.394 e. The fourth-order valence-corrected chi connectivity index (χ4v) is 4.42. The van der Waals surface area contributed by atoms with Crippen LogP contribution in [0.25, 0.3) is 5.57 Å². The van der Waals surface area contributed by atoms with Crippen LogP contribution in [0.2, 0.25) is 0 Å². The molecule has 0 saturated carbocycles. The van der Waals surface area contributed by atoms with Crippen molar-refractivity contribution in [2.75, 3.05) is 39.5 Å². The first-order chi connectivity index (χ1) is 13.4. The molecule has 2 aromatic carbocycles. The van der Waals surface area contributed by atoms with Crippen LogP contribution < -0.4 is 0 Å². The van der Waals surface area contributed by atoms with Crippen LogP contribution in [-0.2, 0) is 17.6 Å². The summed E-state index contributed by atoms with van der Waals surface area (Å²) in [5, 5.41) is 8.82. The van der Waals surface area contributed by atoms with Crippen LogP contribution in [0.1, 0.15) is 35.1 Å². The molecule has 1 heterocycles. The van der Waals surface area contributed by atoms with Crippen molar-refractivity contribution in [1.29, 1.82) is 0 Å². The molecule has 1 saturated heterocycles. The zero-order valence-electron chi connectivity index (χ0n) is 16.0. The highest BCUT2D eigenvalue weighted by Crippen LogP contribution is 2.38. The lowest BCUT2D eigenvalue weighted by Crippen LogP contribution is -2.34. The fourth-order valence-electron chi connectivity index (χ4n) is 4.42. The van der Waals surface area contributed by atoms with Gasteiger partial charge in [0.15, 0.2) is 0 Å². The van der Waals surface area contributed by atoms with Crippen LogP contribution in [0, 0.1) is 0 Å². The molecule has 2 aliphatic rings. The number of likely N-dealkylation sites (tertiary alicyclic amines) is 1. The van der Waals surface area contributed by atoms with Gasteiger partial charge < -0.3 is 14.7 Å². The Balaban J connectivity index is 1.59. The molecule has 2 aromatic rings. The Bertz CT molecular complexity index is 752. The van der Waals surface area contributed by atoms with Crippen LogP contribution in [0.3, 0.4) is 0 Å². The Kier molecular flexibility index (Phi) is 6.03. The maximum absolute atomic E-state index is 8.82. The first-order valence-corrected chi connectivity index (χ1v) is 10.2. The number of rotatable bonds is 5. The molecule has 0 unspecified atom stereocenters. The van der Waals surface area contributed by atoms with E-state index in [9.17, 15) is 0 Å². The standard InChI is InChI=1S/C24H29NO2/c26-16-18-27-17-15-25-13-11-21(12-14-25)24-22-7-3-1-5-19(22)9-10-20-6-2-4-8-23(20)24/h1-8,26H,9-18H2. The van der Waals surface area contributed by atoms with Gasteiger partial charge in [0.1, 0.15) is 0 Å². The third kappa shape index (κ3) is 4.16. The van der Waals surface area contributed by atoms with E-state index in [0.29, 0.717) is 13.2 Å². The SMILES string of the molecule is OCCOCCN1CCC(=C2c3ccccc3CCc3ccccc32)CC1. The van der Waals surface area contributed by atoms with Gasteiger partial charge in [0.05, 0.1) is 19.8 Å². The predicted molar refractivity (Wildman–Crippen MR) is 110 cm³/mol. The molecular formula is C24H29NO2. The summed E-state index contributed by atoms with van der Waals surface area (Å²) in [4.78, 5) is 2.48. The zero-order valence-corrected chi connectivity index (χ0v) is 16.0. The first-order valence-electron chi connectivity index (χ1n) is 10.2. The van der Waals surface area contributed by atoms with Gasteiger partial charge in [-0.3, -0.25) is 0 Å². The van der Waals surface area contributed by atoms with E-state index in [2.05, 4.69) is 53.4 Å². The van der Waals surface area contributed by atoms with Gasteiger partial charge in [-0.15, -0.1) is 0 Å². The number of hydrogen-bond donors (Lipinski definition) is 1. The number of fused-ring (bicyclic) bond motifs is 2. The molecule has 142 valence electrons. The van der Waals surface area contributed by atoms with Gasteiger partial charge in [-0.1, -0.05) is 54.1 Å². The van der Waals surface area contributed by atoms with Gasteiger partial charge in [0.25, 0.3) is 0 Å². The Morgan fingerprint density at radius 2 is 1.37 bits per heavy atom. The Hall–Kier alpha value is -1.94. The number of benzene rings is 2. The van der Waals surface area contributed by atoms with Crippen LogP contribution in [-0.4, -0.2) is 49.5 Å². The highest BCUT2D eigenvalue weighted by atomic mass is 16.5. The lowest BCUT2D eigenvalue weighted by atomic mass is 9.86. The molecule has 3 nitrogen and oxygen atoms in total. The first kappa shape index (κ1) is 18.4. The molecule has 0 bridgehead atoms. The third-order valence-electron chi connectivity index (χ3n) is 5.84. The molecular weight excluding hydrogens is 334 g/mol. The lowest BCUT2D eigenvalue weighted by Gasteiger charge is -2.30. The smallest absolute Gasteiger partial charge is 0.0698 e. The Morgan fingerprint density at radius 1 is 0.778 bits per heavy atom. The number of piperidine rings is 1. The van der Waals surface area contributed by atoms with E-state index in [4.69, 9.17) is 9.84 Å². The zero-order chi connectivity index (χ0) is 18.5. The van der Waals surface area contributed by atoms with Crippen molar-refractivity contribution in [2.45, 2.75) is 25.7 Å². The van der Waals surface area contributed by atoms with Crippen LogP contribution in [0.15, 0.2) is 54.1 Å². The molecule has 1 aliphatic heterocycles. The van der Waals surface area contributed by atoms with E-state index in [1.54, 1.807) is 5.57 Å². The van der Waals surface area contributed by atoms with E-state index >= 15 is 0 Å². The summed E-state index contributed by atoms with van der Waals surface area (Å²) >= 11 is 0. The highest BCUT2D eigenvalue weighted by Gasteiger charge is 2.23. The third-order valence-corrected chi connectivity index (χ3v) is 5.84. The van der Waals surface area contributed by atoms with Crippen molar-refractivity contribution in [1.82, 2.24) is 4.90 Å². The summed E-state index contributed by atoms with van der Waals surface area (Å²) in [6.07, 6.45) is 4.49. The normalized spacial score (nSPS) is 17.4. The van der Waals surface area contributed by atoms with Crippen molar-refractivity contribution < 1.29 is 9.84 Å². The number of ether oxygens (including phenoxy) is 1. The molecule has 1 aliphatic carbocycles. The second-order valence-corrected chi connectivity index (χ2v) is 7.47. The summed E-state index contributed by atoms with van der Waals surface area (Å²) < 4.78 is 5.43. The van der Waals surface area contributed by atoms with Crippen molar-refractivity contribution >= 4 is 5.57 Å². The number of aryl methyl sites for hydroxylation is 2. The molecule has 0 atom stereocenters. The van der Waals surface area contributed by atoms with E-state index in [1.165, 1.54) is 27.8 Å². The quantitative estimate of drug-likeness (QED) is 0.823. The number of aliphatic hydroxyl groups is 1. The van der Waals surface area contributed by atoms with E-state index < -0.39 is 0 Å². The number of aliphatic hydroxyl groups excluding tert-OH is 1. The van der Waals surface area contributed by atoms with Crippen molar-refractivity contribution in [3.05, 3.63) is 76.4 Å². The average molecular weight is 364 g/mol. The van der Waals surface area contributed by atoms with Crippen molar-refractivity contribution in [3.8, 4) is 0 Å². The van der Waals surface area contributed by atoms with Gasteiger partial charge in [0.2, 0.25) is 0 Å². The molecule has 1 N–H and O–H groups in total. The molecule has 27 heavy (non-hydrogen) atoms. The van der Waals surface area contributed by atoms with E-state index in [0.717, 1.165) is 45.3 Å². The monoisotopic (exact) mass is 363 g/mol. The van der Waals surface area contributed by atoms with Gasteiger partial charge in [-0.25, -0.2) is 0 Å². The van der Waals surface area contributed by atoms with Gasteiger partial charge >= 0.3 is 0 Å². The molecule has 0 spiro atoms. The van der Waals surface area contributed by atoms with E-state index in [-0.39, 0.29) is 6.61 Å². The predicted octanol–water partition coefficient (Wildman–Crippen LogP) is 3.69. The molecule has 3 heteroatoms. The second kappa shape index (κ2) is 8.83. The minimum Gasteiger partial charge on any atom is -0.394 e. The minimum absolute atomic E-state index is 0.106. The number of nitrogens with zero attached hydrogens (tertiary/aromatic N) is 1. The van der Waals surface area contributed by atoms with Crippen molar-refractivity contribution in [3.63, 3.8) is 0 Å². The highest BCUT2D eigenvalue weighted by molar-refractivity contribution is 5.86. The lowest BCUT2D eigenvalue weighted by molar-refractivity contribution is 0.0720. The fraction of sp³-hybridized carbons (Fsp3) is 0.417. The summed E-state index contributed by atoms with van der Waals surface area (Å²) in [5.74, 6) is 0. The van der Waals surface area contributed by atoms with Gasteiger partial charge in [-0.2, -0.15) is 0 Å². The molecule has 4 rings (SSSR count). The molecule has 0 aromatic heterocycles. The van der Waals surface area contributed by atoms with Crippen molar-refractivity contribution in [2.24, 2.45) is 0 Å². The summed E-state index contributed by atoms with van der Waals surface area (Å²) in [6, 6.07) is 17.9. The van der Waals surface area contributed by atoms with Gasteiger partial charge in [0, 0.05) is 19.6 Å². The number of hydrogen-bond acceptors (Lipinski definition) is 3. The summed E-state index contributed by atoms with van der Waals surface area (Å²) in [5.41, 5.74) is 8.95. The van der Waals surface area contributed by atoms with Crippen LogP contribution in [0.5, 0.6) is 0 Å². The van der Waals surface area contributed by atoms with Crippen LogP contribution in [0.4, 0.5) is 0 Å². The summed E-state index contributed by atoms with van der Waals surface area (Å²) in [7, 11) is 0. The Labute approximate surface area is 162 Å². The molecule has 0 radical (unpaired) electrons.